The van der Waals surface area contributed by atoms with E-state index in [1.807, 2.05) is 43.4 Å². The van der Waals surface area contributed by atoms with Gasteiger partial charge in [0.15, 0.2) is 0 Å². The summed E-state index contributed by atoms with van der Waals surface area (Å²) < 4.78 is 7.34. The molecule has 3 aromatic rings. The molecular formula is C15H12Cl2NO+. The third kappa shape index (κ3) is 1.92. The number of hydrogen-bond acceptors (Lipinski definition) is 1. The number of fused-ring (bicyclic) bond motifs is 2. The molecule has 0 aliphatic carbocycles. The predicted molar refractivity (Wildman–Crippen MR) is 79.2 cm³/mol. The minimum Gasteiger partial charge on any atom is -0.497 e. The van der Waals surface area contributed by atoms with E-state index in [-0.39, 0.29) is 0 Å². The van der Waals surface area contributed by atoms with Crippen LogP contribution in [0.5, 0.6) is 5.75 Å². The van der Waals surface area contributed by atoms with Crippen LogP contribution < -0.4 is 9.30 Å². The molecule has 0 N–H and O–H groups in total. The van der Waals surface area contributed by atoms with E-state index in [0.29, 0.717) is 5.02 Å². The maximum absolute atomic E-state index is 6.52. The van der Waals surface area contributed by atoms with Gasteiger partial charge in [-0.15, -0.1) is 0 Å². The van der Waals surface area contributed by atoms with Gasteiger partial charge in [-0.3, -0.25) is 0 Å². The third-order valence-corrected chi connectivity index (χ3v) is 4.00. The molecule has 0 fully saturated rings. The first-order valence-electron chi connectivity index (χ1n) is 5.86. The summed E-state index contributed by atoms with van der Waals surface area (Å²) >= 11 is 12.6. The molecule has 0 bridgehead atoms. The summed E-state index contributed by atoms with van der Waals surface area (Å²) in [5.41, 5.74) is 2.05. The van der Waals surface area contributed by atoms with Gasteiger partial charge in [-0.1, -0.05) is 23.2 Å². The van der Waals surface area contributed by atoms with E-state index in [0.717, 1.165) is 32.6 Å². The number of hydrogen-bond donors (Lipinski definition) is 0. The van der Waals surface area contributed by atoms with Crippen LogP contribution in [0.3, 0.4) is 0 Å². The molecule has 4 heteroatoms. The quantitative estimate of drug-likeness (QED) is 0.485. The average molecular weight is 293 g/mol. The highest BCUT2D eigenvalue weighted by atomic mass is 35.5. The van der Waals surface area contributed by atoms with Gasteiger partial charge in [-0.25, -0.2) is 0 Å². The molecule has 3 rings (SSSR count). The second-order valence-electron chi connectivity index (χ2n) is 4.42. The lowest BCUT2D eigenvalue weighted by Crippen LogP contribution is -2.30. The zero-order valence-corrected chi connectivity index (χ0v) is 12.1. The second kappa shape index (κ2) is 4.55. The van der Waals surface area contributed by atoms with Crippen molar-refractivity contribution in [3.05, 3.63) is 46.4 Å². The lowest BCUT2D eigenvalue weighted by atomic mass is 10.1. The van der Waals surface area contributed by atoms with Gasteiger partial charge in [0.05, 0.1) is 22.9 Å². The predicted octanol–water partition coefficient (Wildman–Crippen LogP) is 4.13. The SMILES string of the molecule is COc1ccc2c(c1)c(Cl)c1ccc(Cl)cc1[n+]2C. The fourth-order valence-electron chi connectivity index (χ4n) is 2.35. The van der Waals surface area contributed by atoms with Gasteiger partial charge < -0.3 is 4.74 Å². The highest BCUT2D eigenvalue weighted by Crippen LogP contribution is 2.32. The molecule has 2 aromatic carbocycles. The second-order valence-corrected chi connectivity index (χ2v) is 5.23. The summed E-state index contributed by atoms with van der Waals surface area (Å²) in [7, 11) is 3.65. The van der Waals surface area contributed by atoms with E-state index in [4.69, 9.17) is 27.9 Å². The number of nitrogens with zero attached hydrogens (tertiary/aromatic N) is 1. The smallest absolute Gasteiger partial charge is 0.215 e. The number of aromatic nitrogens is 1. The van der Waals surface area contributed by atoms with Crippen molar-refractivity contribution in [1.29, 1.82) is 0 Å². The molecule has 2 nitrogen and oxygen atoms in total. The Bertz CT molecular complexity index is 799. The maximum atomic E-state index is 6.52. The van der Waals surface area contributed by atoms with Crippen molar-refractivity contribution in [3.63, 3.8) is 0 Å². The first-order chi connectivity index (χ1) is 9.11. The number of benzene rings is 2. The Labute approximate surface area is 121 Å². The molecule has 0 saturated heterocycles. The molecule has 96 valence electrons. The van der Waals surface area contributed by atoms with Crippen LogP contribution in [0.4, 0.5) is 0 Å². The van der Waals surface area contributed by atoms with Crippen LogP contribution in [0.1, 0.15) is 0 Å². The molecular weight excluding hydrogens is 281 g/mol. The Morgan fingerprint density at radius 2 is 1.74 bits per heavy atom. The summed E-state index contributed by atoms with van der Waals surface area (Å²) in [6.07, 6.45) is 0. The van der Waals surface area contributed by atoms with Gasteiger partial charge in [0.2, 0.25) is 11.0 Å². The molecule has 0 aliphatic rings. The molecule has 1 aromatic heterocycles. The Kier molecular flexibility index (Phi) is 3.00. The summed E-state index contributed by atoms with van der Waals surface area (Å²) in [5.74, 6) is 0.794. The molecule has 0 radical (unpaired) electrons. The van der Waals surface area contributed by atoms with Crippen LogP contribution >= 0.6 is 23.2 Å². The van der Waals surface area contributed by atoms with Crippen molar-refractivity contribution in [2.75, 3.05) is 7.11 Å². The number of ether oxygens (including phenoxy) is 1. The van der Waals surface area contributed by atoms with Crippen LogP contribution in [0.15, 0.2) is 36.4 Å². The van der Waals surface area contributed by atoms with E-state index in [2.05, 4.69) is 4.57 Å². The van der Waals surface area contributed by atoms with Gasteiger partial charge in [0, 0.05) is 17.2 Å². The van der Waals surface area contributed by atoms with Crippen molar-refractivity contribution in [2.24, 2.45) is 7.05 Å². The molecule has 0 unspecified atom stereocenters. The minimum atomic E-state index is 0.701. The van der Waals surface area contributed by atoms with E-state index < -0.39 is 0 Å². The molecule has 19 heavy (non-hydrogen) atoms. The summed E-state index contributed by atoms with van der Waals surface area (Å²) in [4.78, 5) is 0. The van der Waals surface area contributed by atoms with Gasteiger partial charge in [-0.2, -0.15) is 4.57 Å². The Morgan fingerprint density at radius 1 is 0.947 bits per heavy atom. The van der Waals surface area contributed by atoms with Crippen LogP contribution in [-0.4, -0.2) is 7.11 Å². The molecule has 0 spiro atoms. The average Bonchev–Trinajstić information content (AvgIpc) is 2.44. The first-order valence-corrected chi connectivity index (χ1v) is 6.62. The third-order valence-electron chi connectivity index (χ3n) is 3.36. The van der Waals surface area contributed by atoms with Crippen molar-refractivity contribution >= 4 is 45.0 Å². The molecule has 0 amide bonds. The number of rotatable bonds is 1. The van der Waals surface area contributed by atoms with Crippen molar-refractivity contribution in [1.82, 2.24) is 0 Å². The summed E-state index contributed by atoms with van der Waals surface area (Å²) in [5, 5.41) is 3.37. The summed E-state index contributed by atoms with van der Waals surface area (Å²) in [6.45, 7) is 0. The standard InChI is InChI=1S/C15H12Cl2NO/c1-18-13-6-4-10(19-2)8-12(13)15(17)11-5-3-9(16)7-14(11)18/h3-8H,1-2H3/q+1. The van der Waals surface area contributed by atoms with Crippen molar-refractivity contribution in [3.8, 4) is 5.75 Å². The molecule has 0 aliphatic heterocycles. The topological polar surface area (TPSA) is 13.1 Å². The zero-order chi connectivity index (χ0) is 13.6. The number of pyridine rings is 1. The number of halogens is 2. The monoisotopic (exact) mass is 292 g/mol. The minimum absolute atomic E-state index is 0.701. The van der Waals surface area contributed by atoms with E-state index in [1.54, 1.807) is 7.11 Å². The molecule has 0 atom stereocenters. The largest absolute Gasteiger partial charge is 0.497 e. The highest BCUT2D eigenvalue weighted by molar-refractivity contribution is 6.40. The fraction of sp³-hybridized carbons (Fsp3) is 0.133. The van der Waals surface area contributed by atoms with Gasteiger partial charge in [0.25, 0.3) is 0 Å². The molecule has 1 heterocycles. The number of methoxy groups -OCH3 is 1. The normalized spacial score (nSPS) is 11.2. The maximum Gasteiger partial charge on any atom is 0.215 e. The fourth-order valence-corrected chi connectivity index (χ4v) is 2.83. The van der Waals surface area contributed by atoms with Crippen LogP contribution in [0.2, 0.25) is 10.0 Å². The van der Waals surface area contributed by atoms with Crippen molar-refractivity contribution < 1.29 is 9.30 Å². The Balaban J connectivity index is 2.52. The zero-order valence-electron chi connectivity index (χ0n) is 10.6. The molecule has 0 saturated carbocycles. The van der Waals surface area contributed by atoms with Crippen LogP contribution in [0.25, 0.3) is 21.8 Å². The highest BCUT2D eigenvalue weighted by Gasteiger charge is 2.17. The van der Waals surface area contributed by atoms with Crippen molar-refractivity contribution in [2.45, 2.75) is 0 Å². The van der Waals surface area contributed by atoms with Crippen LogP contribution in [0, 0.1) is 0 Å². The Morgan fingerprint density at radius 3 is 2.47 bits per heavy atom. The number of aryl methyl sites for hydroxylation is 1. The Hall–Kier alpha value is -1.51. The lowest BCUT2D eigenvalue weighted by Gasteiger charge is -2.07. The summed E-state index contributed by atoms with van der Waals surface area (Å²) in [6, 6.07) is 11.6. The van der Waals surface area contributed by atoms with E-state index in [9.17, 15) is 0 Å². The van der Waals surface area contributed by atoms with E-state index >= 15 is 0 Å². The van der Waals surface area contributed by atoms with Gasteiger partial charge in [0.1, 0.15) is 12.8 Å². The van der Waals surface area contributed by atoms with Gasteiger partial charge >= 0.3 is 0 Å². The van der Waals surface area contributed by atoms with Crippen LogP contribution in [-0.2, 0) is 7.05 Å². The van der Waals surface area contributed by atoms with Gasteiger partial charge in [-0.05, 0) is 24.3 Å². The van der Waals surface area contributed by atoms with E-state index in [1.165, 1.54) is 0 Å². The first kappa shape index (κ1) is 12.5. The lowest BCUT2D eigenvalue weighted by molar-refractivity contribution is -0.617.